The van der Waals surface area contributed by atoms with Gasteiger partial charge in [0, 0.05) is 12.1 Å². The summed E-state index contributed by atoms with van der Waals surface area (Å²) in [5.74, 6) is 0.292. The lowest BCUT2D eigenvalue weighted by Crippen LogP contribution is -2.14. The minimum Gasteiger partial charge on any atom is -0.494 e. The van der Waals surface area contributed by atoms with Gasteiger partial charge in [0.25, 0.3) is 0 Å². The van der Waals surface area contributed by atoms with Crippen molar-refractivity contribution < 1.29 is 13.9 Å². The van der Waals surface area contributed by atoms with Crippen molar-refractivity contribution in [2.75, 3.05) is 11.9 Å². The van der Waals surface area contributed by atoms with E-state index in [1.807, 2.05) is 20.8 Å². The van der Waals surface area contributed by atoms with E-state index >= 15 is 0 Å². The van der Waals surface area contributed by atoms with Gasteiger partial charge in [0.2, 0.25) is 5.91 Å². The number of amides is 1. The first-order valence-corrected chi connectivity index (χ1v) is 7.72. The average molecular weight is 315 g/mol. The molecule has 0 atom stereocenters. The molecule has 0 aliphatic heterocycles. The molecule has 0 saturated carbocycles. The summed E-state index contributed by atoms with van der Waals surface area (Å²) in [7, 11) is 0. The Morgan fingerprint density at radius 2 is 1.70 bits per heavy atom. The van der Waals surface area contributed by atoms with E-state index in [0.717, 1.165) is 16.8 Å². The van der Waals surface area contributed by atoms with Gasteiger partial charge in [-0.3, -0.25) is 4.79 Å². The van der Waals surface area contributed by atoms with Crippen LogP contribution in [0.2, 0.25) is 0 Å². The lowest BCUT2D eigenvalue weighted by atomic mass is 10.0. The number of carbonyl (C=O) groups is 1. The summed E-state index contributed by atoms with van der Waals surface area (Å²) < 4.78 is 18.2. The molecule has 2 rings (SSSR count). The Kier molecular flexibility index (Phi) is 5.74. The van der Waals surface area contributed by atoms with E-state index in [4.69, 9.17) is 4.74 Å². The molecule has 0 unspecified atom stereocenters. The van der Waals surface area contributed by atoms with E-state index < -0.39 is 0 Å². The third-order valence-corrected chi connectivity index (χ3v) is 3.57. The van der Waals surface area contributed by atoms with Gasteiger partial charge >= 0.3 is 0 Å². The van der Waals surface area contributed by atoms with E-state index in [-0.39, 0.29) is 11.7 Å². The second-order valence-corrected chi connectivity index (χ2v) is 5.73. The van der Waals surface area contributed by atoms with Gasteiger partial charge in [-0.05, 0) is 62.6 Å². The van der Waals surface area contributed by atoms with Crippen molar-refractivity contribution in [2.24, 2.45) is 0 Å². The summed E-state index contributed by atoms with van der Waals surface area (Å²) in [6.07, 6.45) is 0.987. The molecule has 4 heteroatoms. The zero-order valence-corrected chi connectivity index (χ0v) is 13.8. The Morgan fingerprint density at radius 1 is 1.09 bits per heavy atom. The highest BCUT2D eigenvalue weighted by Gasteiger charge is 2.08. The highest BCUT2D eigenvalue weighted by Crippen LogP contribution is 2.22. The van der Waals surface area contributed by atoms with Gasteiger partial charge < -0.3 is 10.1 Å². The second-order valence-electron chi connectivity index (χ2n) is 5.73. The molecular weight excluding hydrogens is 293 g/mol. The maximum atomic E-state index is 12.8. The van der Waals surface area contributed by atoms with Crippen LogP contribution in [0.15, 0.2) is 36.4 Å². The maximum Gasteiger partial charge on any atom is 0.224 e. The molecule has 0 aromatic heterocycles. The number of hydrogen-bond donors (Lipinski definition) is 1. The molecule has 0 saturated heterocycles. The van der Waals surface area contributed by atoms with Gasteiger partial charge in [-0.15, -0.1) is 0 Å². The minimum atomic E-state index is -0.291. The van der Waals surface area contributed by atoms with Crippen LogP contribution in [-0.2, 0) is 4.79 Å². The average Bonchev–Trinajstić information content (AvgIpc) is 2.49. The molecule has 2 aromatic rings. The van der Waals surface area contributed by atoms with Crippen LogP contribution >= 0.6 is 0 Å². The number of ether oxygens (including phenoxy) is 1. The summed E-state index contributed by atoms with van der Waals surface area (Å²) >= 11 is 0. The quantitative estimate of drug-likeness (QED) is 0.794. The van der Waals surface area contributed by atoms with E-state index in [1.165, 1.54) is 17.7 Å². The SMILES string of the molecule is Cc1cc(C)c(NC(=O)CCCOc2ccc(F)cc2)c(C)c1. The summed E-state index contributed by atoms with van der Waals surface area (Å²) in [5, 5.41) is 2.97. The molecule has 0 aliphatic rings. The predicted molar refractivity (Wildman–Crippen MR) is 90.4 cm³/mol. The number of benzene rings is 2. The Hall–Kier alpha value is -2.36. The molecule has 1 amide bonds. The van der Waals surface area contributed by atoms with Crippen LogP contribution in [0.3, 0.4) is 0 Å². The van der Waals surface area contributed by atoms with Crippen LogP contribution in [0, 0.1) is 26.6 Å². The second kappa shape index (κ2) is 7.77. The Balaban J connectivity index is 1.78. The van der Waals surface area contributed by atoms with E-state index in [1.54, 1.807) is 12.1 Å². The van der Waals surface area contributed by atoms with Crippen LogP contribution in [0.1, 0.15) is 29.5 Å². The van der Waals surface area contributed by atoms with Gasteiger partial charge in [0.05, 0.1) is 6.61 Å². The number of rotatable bonds is 6. The van der Waals surface area contributed by atoms with E-state index in [0.29, 0.717) is 25.2 Å². The molecule has 0 heterocycles. The summed E-state index contributed by atoms with van der Waals surface area (Å²) in [6.45, 7) is 6.45. The van der Waals surface area contributed by atoms with Gasteiger partial charge in [0.1, 0.15) is 11.6 Å². The number of nitrogens with one attached hydrogen (secondary N) is 1. The number of anilines is 1. The van der Waals surface area contributed by atoms with Gasteiger partial charge in [-0.1, -0.05) is 17.7 Å². The maximum absolute atomic E-state index is 12.8. The van der Waals surface area contributed by atoms with Crippen LogP contribution in [-0.4, -0.2) is 12.5 Å². The van der Waals surface area contributed by atoms with Crippen LogP contribution < -0.4 is 10.1 Å². The first kappa shape index (κ1) is 17.0. The van der Waals surface area contributed by atoms with Crippen molar-refractivity contribution >= 4 is 11.6 Å². The van der Waals surface area contributed by atoms with Crippen molar-refractivity contribution in [3.8, 4) is 5.75 Å². The number of carbonyl (C=O) groups excluding carboxylic acids is 1. The zero-order chi connectivity index (χ0) is 16.8. The Morgan fingerprint density at radius 3 is 2.30 bits per heavy atom. The predicted octanol–water partition coefficient (Wildman–Crippen LogP) is 4.55. The minimum absolute atomic E-state index is 0.0252. The molecule has 0 aliphatic carbocycles. The topological polar surface area (TPSA) is 38.3 Å². The lowest BCUT2D eigenvalue weighted by molar-refractivity contribution is -0.116. The standard InChI is InChI=1S/C19H22FNO2/c1-13-11-14(2)19(15(3)12-13)21-18(22)5-4-10-23-17-8-6-16(20)7-9-17/h6-9,11-12H,4-5,10H2,1-3H3,(H,21,22). The fraction of sp³-hybridized carbons (Fsp3) is 0.316. The summed E-state index contributed by atoms with van der Waals surface area (Å²) in [4.78, 5) is 12.0. The summed E-state index contributed by atoms with van der Waals surface area (Å²) in [6, 6.07) is 9.97. The van der Waals surface area contributed by atoms with Crippen molar-refractivity contribution in [1.29, 1.82) is 0 Å². The van der Waals surface area contributed by atoms with Gasteiger partial charge in [-0.2, -0.15) is 0 Å². The molecule has 0 radical (unpaired) electrons. The number of aryl methyl sites for hydroxylation is 3. The molecule has 23 heavy (non-hydrogen) atoms. The third kappa shape index (κ3) is 5.09. The normalized spacial score (nSPS) is 10.4. The highest BCUT2D eigenvalue weighted by molar-refractivity contribution is 5.92. The largest absolute Gasteiger partial charge is 0.494 e. The monoisotopic (exact) mass is 315 g/mol. The Bertz CT molecular complexity index is 657. The van der Waals surface area contributed by atoms with Crippen LogP contribution in [0.4, 0.5) is 10.1 Å². The molecule has 2 aromatic carbocycles. The van der Waals surface area contributed by atoms with Crippen LogP contribution in [0.25, 0.3) is 0 Å². The van der Waals surface area contributed by atoms with Crippen molar-refractivity contribution in [2.45, 2.75) is 33.6 Å². The van der Waals surface area contributed by atoms with Gasteiger partial charge in [-0.25, -0.2) is 4.39 Å². The lowest BCUT2D eigenvalue weighted by Gasteiger charge is -2.13. The molecule has 3 nitrogen and oxygen atoms in total. The summed E-state index contributed by atoms with van der Waals surface area (Å²) in [5.41, 5.74) is 4.21. The number of hydrogen-bond acceptors (Lipinski definition) is 2. The first-order valence-electron chi connectivity index (χ1n) is 7.72. The molecule has 1 N–H and O–H groups in total. The van der Waals surface area contributed by atoms with Crippen molar-refractivity contribution in [3.63, 3.8) is 0 Å². The third-order valence-electron chi connectivity index (χ3n) is 3.57. The molecule has 0 bridgehead atoms. The van der Waals surface area contributed by atoms with E-state index in [9.17, 15) is 9.18 Å². The zero-order valence-electron chi connectivity index (χ0n) is 13.8. The smallest absolute Gasteiger partial charge is 0.224 e. The molecule has 0 fully saturated rings. The fourth-order valence-electron chi connectivity index (χ4n) is 2.53. The molecule has 0 spiro atoms. The molecular formula is C19H22FNO2. The number of halogens is 1. The van der Waals surface area contributed by atoms with Crippen LogP contribution in [0.5, 0.6) is 5.75 Å². The van der Waals surface area contributed by atoms with E-state index in [2.05, 4.69) is 17.4 Å². The van der Waals surface area contributed by atoms with Gasteiger partial charge in [0.15, 0.2) is 0 Å². The molecule has 122 valence electrons. The highest BCUT2D eigenvalue weighted by atomic mass is 19.1. The fourth-order valence-corrected chi connectivity index (χ4v) is 2.53. The first-order chi connectivity index (χ1) is 11.0. The van der Waals surface area contributed by atoms with Crippen molar-refractivity contribution in [3.05, 3.63) is 58.9 Å². The Labute approximate surface area is 136 Å². The van der Waals surface area contributed by atoms with Crippen molar-refractivity contribution in [1.82, 2.24) is 0 Å².